The fourth-order valence-electron chi connectivity index (χ4n) is 1.61. The van der Waals surface area contributed by atoms with E-state index in [-0.39, 0.29) is 11.3 Å². The van der Waals surface area contributed by atoms with Crippen molar-refractivity contribution in [1.82, 2.24) is 0 Å². The molecule has 0 aromatic heterocycles. The summed E-state index contributed by atoms with van der Waals surface area (Å²) >= 11 is 12.7. The minimum Gasteiger partial charge on any atom is -0.311 e. The number of hydrogen-bond acceptors (Lipinski definition) is 1. The van der Waals surface area contributed by atoms with E-state index in [4.69, 9.17) is 11.6 Å². The number of halogens is 3. The predicted molar refractivity (Wildman–Crippen MR) is 68.5 cm³/mol. The molecule has 1 saturated heterocycles. The highest BCUT2D eigenvalue weighted by Gasteiger charge is 2.29. The first kappa shape index (κ1) is 11.4. The van der Waals surface area contributed by atoms with Crippen LogP contribution in [-0.4, -0.2) is 17.8 Å². The Hall–Kier alpha value is -0.0600. The van der Waals surface area contributed by atoms with E-state index in [0.29, 0.717) is 13.0 Å². The third kappa shape index (κ3) is 2.55. The van der Waals surface area contributed by atoms with Gasteiger partial charge in [0.25, 0.3) is 0 Å². The molecule has 1 unspecified atom stereocenters. The van der Waals surface area contributed by atoms with Crippen molar-refractivity contribution in [3.8, 4) is 0 Å². The highest BCUT2D eigenvalue weighted by Crippen LogP contribution is 2.29. The molecule has 1 aliphatic heterocycles. The topological polar surface area (TPSA) is 20.3 Å². The van der Waals surface area contributed by atoms with Gasteiger partial charge in [0.1, 0.15) is 0 Å². The molecule has 0 bridgehead atoms. The quantitative estimate of drug-likeness (QED) is 0.707. The van der Waals surface area contributed by atoms with Crippen molar-refractivity contribution in [2.75, 3.05) is 11.4 Å². The average Bonchev–Trinajstić information content (AvgIpc) is 2.43. The van der Waals surface area contributed by atoms with E-state index in [1.54, 1.807) is 4.90 Å². The summed E-state index contributed by atoms with van der Waals surface area (Å²) in [4.78, 5) is 13.3. The van der Waals surface area contributed by atoms with Crippen LogP contribution in [0.1, 0.15) is 6.42 Å². The number of carbonyl (C=O) groups excluding carboxylic acids is 1. The van der Waals surface area contributed by atoms with Crippen molar-refractivity contribution in [3.05, 3.63) is 27.1 Å². The molecule has 0 radical (unpaired) electrons. The zero-order valence-electron chi connectivity index (χ0n) is 7.71. The van der Waals surface area contributed by atoms with Crippen molar-refractivity contribution < 1.29 is 4.79 Å². The molecular formula is C10H8Br2ClNO. The fourth-order valence-corrected chi connectivity index (χ4v) is 3.15. The number of hydrogen-bond donors (Lipinski definition) is 0. The summed E-state index contributed by atoms with van der Waals surface area (Å²) in [5.41, 5.74) is 0.879. The van der Waals surface area contributed by atoms with Crippen molar-refractivity contribution in [1.29, 1.82) is 0 Å². The van der Waals surface area contributed by atoms with Gasteiger partial charge in [-0.15, -0.1) is 11.6 Å². The molecule has 1 aliphatic rings. The van der Waals surface area contributed by atoms with E-state index in [1.807, 2.05) is 18.2 Å². The summed E-state index contributed by atoms with van der Waals surface area (Å²) in [5, 5.41) is -0.0738. The second-order valence-electron chi connectivity index (χ2n) is 3.43. The lowest BCUT2D eigenvalue weighted by molar-refractivity contribution is -0.117. The van der Waals surface area contributed by atoms with Crippen LogP contribution in [0.4, 0.5) is 5.69 Å². The molecule has 2 nitrogen and oxygen atoms in total. The Bertz CT molecular complexity index is 390. The monoisotopic (exact) mass is 351 g/mol. The van der Waals surface area contributed by atoms with E-state index in [1.165, 1.54) is 0 Å². The molecule has 1 amide bonds. The van der Waals surface area contributed by atoms with Crippen LogP contribution in [0.15, 0.2) is 27.1 Å². The maximum atomic E-state index is 11.6. The lowest BCUT2D eigenvalue weighted by atomic mass is 10.3. The van der Waals surface area contributed by atoms with Gasteiger partial charge in [0, 0.05) is 27.6 Å². The molecule has 2 rings (SSSR count). The van der Waals surface area contributed by atoms with Crippen molar-refractivity contribution in [2.24, 2.45) is 0 Å². The van der Waals surface area contributed by atoms with E-state index in [0.717, 1.165) is 14.6 Å². The number of alkyl halides is 1. The first-order valence-electron chi connectivity index (χ1n) is 4.47. The molecule has 1 aromatic carbocycles. The highest BCUT2D eigenvalue weighted by molar-refractivity contribution is 9.11. The average molecular weight is 353 g/mol. The summed E-state index contributed by atoms with van der Waals surface area (Å²) in [6.07, 6.45) is 0.422. The molecule has 1 fully saturated rings. The third-order valence-electron chi connectivity index (χ3n) is 2.24. The van der Waals surface area contributed by atoms with Crippen molar-refractivity contribution >= 4 is 55.1 Å². The number of nitrogens with zero attached hydrogens (tertiary/aromatic N) is 1. The van der Waals surface area contributed by atoms with Gasteiger partial charge in [0.2, 0.25) is 5.91 Å². The lowest BCUT2D eigenvalue weighted by Gasteiger charge is -2.16. The van der Waals surface area contributed by atoms with E-state index in [9.17, 15) is 4.79 Å². The Kier molecular flexibility index (Phi) is 3.38. The molecule has 0 spiro atoms. The number of carbonyl (C=O) groups is 1. The molecular weight excluding hydrogens is 345 g/mol. The van der Waals surface area contributed by atoms with Crippen LogP contribution in [0.2, 0.25) is 0 Å². The third-order valence-corrected chi connectivity index (χ3v) is 3.44. The molecule has 0 aliphatic carbocycles. The maximum Gasteiger partial charge on any atom is 0.228 e. The van der Waals surface area contributed by atoms with E-state index >= 15 is 0 Å². The first-order valence-corrected chi connectivity index (χ1v) is 6.49. The van der Waals surface area contributed by atoms with Gasteiger partial charge in [-0.2, -0.15) is 0 Å². The minimum atomic E-state index is -0.0738. The largest absolute Gasteiger partial charge is 0.311 e. The molecule has 15 heavy (non-hydrogen) atoms. The summed E-state index contributed by atoms with van der Waals surface area (Å²) in [7, 11) is 0. The smallest absolute Gasteiger partial charge is 0.228 e. The van der Waals surface area contributed by atoms with Crippen LogP contribution in [0.5, 0.6) is 0 Å². The standard InChI is InChI=1S/C10H8Br2ClNO/c11-6-1-7(12)3-9(2-6)14-5-8(13)4-10(14)15/h1-3,8H,4-5H2. The van der Waals surface area contributed by atoms with Crippen LogP contribution < -0.4 is 4.90 Å². The summed E-state index contributed by atoms with van der Waals surface area (Å²) in [6.45, 7) is 0.587. The highest BCUT2D eigenvalue weighted by atomic mass is 79.9. The van der Waals surface area contributed by atoms with Gasteiger partial charge >= 0.3 is 0 Å². The number of rotatable bonds is 1. The molecule has 1 aromatic rings. The van der Waals surface area contributed by atoms with Crippen LogP contribution >= 0.6 is 43.5 Å². The van der Waals surface area contributed by atoms with E-state index in [2.05, 4.69) is 31.9 Å². The molecule has 1 atom stereocenters. The Morgan fingerprint density at radius 1 is 1.27 bits per heavy atom. The van der Waals surface area contributed by atoms with Crippen LogP contribution in [0.3, 0.4) is 0 Å². The zero-order chi connectivity index (χ0) is 11.0. The van der Waals surface area contributed by atoms with Crippen LogP contribution in [0.25, 0.3) is 0 Å². The van der Waals surface area contributed by atoms with Gasteiger partial charge in [-0.1, -0.05) is 31.9 Å². The lowest BCUT2D eigenvalue weighted by Crippen LogP contribution is -2.24. The Labute approximate surface area is 110 Å². The second kappa shape index (κ2) is 4.44. The van der Waals surface area contributed by atoms with Gasteiger partial charge in [-0.3, -0.25) is 4.79 Å². The van der Waals surface area contributed by atoms with Gasteiger partial charge in [-0.05, 0) is 18.2 Å². The fraction of sp³-hybridized carbons (Fsp3) is 0.300. The first-order chi connectivity index (χ1) is 7.06. The second-order valence-corrected chi connectivity index (χ2v) is 5.88. The van der Waals surface area contributed by atoms with Gasteiger partial charge in [0.15, 0.2) is 0 Å². The van der Waals surface area contributed by atoms with Crippen LogP contribution in [0, 0.1) is 0 Å². The van der Waals surface area contributed by atoms with Gasteiger partial charge in [0.05, 0.1) is 5.38 Å². The predicted octanol–water partition coefficient (Wildman–Crippen LogP) is 3.56. The van der Waals surface area contributed by atoms with E-state index < -0.39 is 0 Å². The molecule has 5 heteroatoms. The van der Waals surface area contributed by atoms with Gasteiger partial charge in [-0.25, -0.2) is 0 Å². The number of amides is 1. The molecule has 1 heterocycles. The summed E-state index contributed by atoms with van der Waals surface area (Å²) in [6, 6.07) is 5.76. The molecule has 80 valence electrons. The zero-order valence-corrected chi connectivity index (χ0v) is 11.6. The van der Waals surface area contributed by atoms with Crippen LogP contribution in [-0.2, 0) is 4.79 Å². The Balaban J connectivity index is 2.33. The Morgan fingerprint density at radius 3 is 2.33 bits per heavy atom. The van der Waals surface area contributed by atoms with Crippen molar-refractivity contribution in [2.45, 2.75) is 11.8 Å². The molecule has 0 N–H and O–H groups in total. The maximum absolute atomic E-state index is 11.6. The number of anilines is 1. The van der Waals surface area contributed by atoms with Crippen molar-refractivity contribution in [3.63, 3.8) is 0 Å². The minimum absolute atomic E-state index is 0.0738. The molecule has 0 saturated carbocycles. The van der Waals surface area contributed by atoms with Gasteiger partial charge < -0.3 is 4.90 Å². The Morgan fingerprint density at radius 2 is 1.87 bits per heavy atom. The summed E-state index contributed by atoms with van der Waals surface area (Å²) in [5.74, 6) is 0.0833. The normalized spacial score (nSPS) is 21.1. The summed E-state index contributed by atoms with van der Waals surface area (Å²) < 4.78 is 1.88. The number of benzene rings is 1. The SMILES string of the molecule is O=C1CC(Cl)CN1c1cc(Br)cc(Br)c1.